The molecular formula is C14H20N2O3S. The van der Waals surface area contributed by atoms with Crippen LogP contribution in [0.15, 0.2) is 4.79 Å². The predicted octanol–water partition coefficient (Wildman–Crippen LogP) is 1.94. The van der Waals surface area contributed by atoms with Gasteiger partial charge in [-0.25, -0.2) is 4.79 Å². The van der Waals surface area contributed by atoms with Gasteiger partial charge < -0.3 is 5.11 Å². The van der Waals surface area contributed by atoms with Crippen molar-refractivity contribution >= 4 is 17.7 Å². The van der Waals surface area contributed by atoms with E-state index in [1.807, 2.05) is 6.92 Å². The molecule has 0 radical (unpaired) electrons. The number of hydrogen-bond acceptors (Lipinski definition) is 4. The summed E-state index contributed by atoms with van der Waals surface area (Å²) >= 11 is 1.77. The second kappa shape index (κ2) is 5.24. The summed E-state index contributed by atoms with van der Waals surface area (Å²) in [6.07, 6.45) is 4.24. The third-order valence-electron chi connectivity index (χ3n) is 4.17. The number of aryl methyl sites for hydroxylation is 1. The van der Waals surface area contributed by atoms with Crippen LogP contribution in [0.25, 0.3) is 0 Å². The van der Waals surface area contributed by atoms with Crippen molar-refractivity contribution < 1.29 is 9.90 Å². The van der Waals surface area contributed by atoms with Crippen LogP contribution in [-0.2, 0) is 11.3 Å². The zero-order chi connectivity index (χ0) is 15.1. The molecule has 5 nitrogen and oxygen atoms in total. The van der Waals surface area contributed by atoms with Gasteiger partial charge in [0, 0.05) is 28.2 Å². The zero-order valence-electron chi connectivity index (χ0n) is 12.3. The highest BCUT2D eigenvalue weighted by molar-refractivity contribution is 8.00. The fraction of sp³-hybridized carbons (Fsp3) is 0.643. The lowest BCUT2D eigenvalue weighted by Crippen LogP contribution is -2.33. The highest BCUT2D eigenvalue weighted by atomic mass is 32.2. The van der Waals surface area contributed by atoms with Crippen LogP contribution in [0.5, 0.6) is 0 Å². The number of aromatic nitrogens is 2. The molecule has 1 unspecified atom stereocenters. The molecule has 0 saturated heterocycles. The lowest BCUT2D eigenvalue weighted by atomic mass is 9.98. The van der Waals surface area contributed by atoms with Gasteiger partial charge in [0.2, 0.25) is 0 Å². The molecule has 2 rings (SSSR count). The molecule has 0 amide bonds. The van der Waals surface area contributed by atoms with Crippen LogP contribution in [0.4, 0.5) is 0 Å². The third-order valence-corrected chi connectivity index (χ3v) is 5.57. The lowest BCUT2D eigenvalue weighted by Gasteiger charge is -2.21. The second-order valence-corrected chi connectivity index (χ2v) is 6.79. The largest absolute Gasteiger partial charge is 0.481 e. The van der Waals surface area contributed by atoms with Gasteiger partial charge in [-0.3, -0.25) is 9.36 Å². The number of carboxylic acid groups (broad SMARTS) is 1. The van der Waals surface area contributed by atoms with E-state index >= 15 is 0 Å². The summed E-state index contributed by atoms with van der Waals surface area (Å²) in [5.41, 5.74) is 1.64. The Labute approximate surface area is 122 Å². The first-order chi connectivity index (χ1) is 9.31. The molecule has 1 aliphatic rings. The Kier molecular flexibility index (Phi) is 3.95. The standard InChI is InChI=1S/C14H20N2O3S/c1-8(12(17)18)11-9(2)15-13(19)16(10(11)3)7-14(20-4)5-6-14/h8H,5-7H2,1-4H3,(H,17,18). The van der Waals surface area contributed by atoms with Crippen LogP contribution in [0.2, 0.25) is 0 Å². The summed E-state index contributed by atoms with van der Waals surface area (Å²) in [5, 5.41) is 9.22. The van der Waals surface area contributed by atoms with E-state index < -0.39 is 11.9 Å². The maximum atomic E-state index is 12.1. The number of aliphatic carboxylic acids is 1. The van der Waals surface area contributed by atoms with Gasteiger partial charge in [0.15, 0.2) is 0 Å². The van der Waals surface area contributed by atoms with Gasteiger partial charge in [-0.05, 0) is 39.9 Å². The average Bonchev–Trinajstić information content (AvgIpc) is 3.14. The van der Waals surface area contributed by atoms with Gasteiger partial charge in [-0.15, -0.1) is 0 Å². The quantitative estimate of drug-likeness (QED) is 0.899. The van der Waals surface area contributed by atoms with Gasteiger partial charge in [-0.1, -0.05) is 0 Å². The first kappa shape index (κ1) is 15.1. The van der Waals surface area contributed by atoms with E-state index in [0.29, 0.717) is 17.8 Å². The molecular weight excluding hydrogens is 276 g/mol. The van der Waals surface area contributed by atoms with Crippen molar-refractivity contribution in [2.24, 2.45) is 0 Å². The van der Waals surface area contributed by atoms with E-state index in [0.717, 1.165) is 18.5 Å². The molecule has 1 aromatic heterocycles. The number of carboxylic acids is 1. The fourth-order valence-corrected chi connectivity index (χ4v) is 3.37. The molecule has 1 heterocycles. The Hall–Kier alpha value is -1.30. The average molecular weight is 296 g/mol. The minimum Gasteiger partial charge on any atom is -0.481 e. The Morgan fingerprint density at radius 2 is 2.10 bits per heavy atom. The minimum absolute atomic E-state index is 0.134. The molecule has 1 N–H and O–H groups in total. The smallest absolute Gasteiger partial charge is 0.348 e. The van der Waals surface area contributed by atoms with E-state index in [1.165, 1.54) is 0 Å². The summed E-state index contributed by atoms with van der Waals surface area (Å²) < 4.78 is 1.78. The van der Waals surface area contributed by atoms with Crippen LogP contribution in [-0.4, -0.2) is 31.6 Å². The molecule has 1 aromatic rings. The van der Waals surface area contributed by atoms with Crippen LogP contribution in [0, 0.1) is 13.8 Å². The van der Waals surface area contributed by atoms with E-state index in [4.69, 9.17) is 0 Å². The molecule has 110 valence electrons. The molecule has 0 spiro atoms. The number of hydrogen-bond donors (Lipinski definition) is 1. The van der Waals surface area contributed by atoms with Gasteiger partial charge >= 0.3 is 11.7 Å². The monoisotopic (exact) mass is 296 g/mol. The topological polar surface area (TPSA) is 72.2 Å². The van der Waals surface area contributed by atoms with Gasteiger partial charge in [-0.2, -0.15) is 16.7 Å². The molecule has 1 saturated carbocycles. The molecule has 0 aromatic carbocycles. The van der Waals surface area contributed by atoms with E-state index in [9.17, 15) is 14.7 Å². The zero-order valence-corrected chi connectivity index (χ0v) is 13.1. The number of thioether (sulfide) groups is 1. The first-order valence-electron chi connectivity index (χ1n) is 6.67. The van der Waals surface area contributed by atoms with Crippen molar-refractivity contribution in [3.8, 4) is 0 Å². The van der Waals surface area contributed by atoms with Crippen molar-refractivity contribution in [1.82, 2.24) is 9.55 Å². The molecule has 1 atom stereocenters. The summed E-state index contributed by atoms with van der Waals surface area (Å²) in [4.78, 5) is 27.4. The van der Waals surface area contributed by atoms with Crippen LogP contribution >= 0.6 is 11.8 Å². The number of carbonyl (C=O) groups is 1. The highest BCUT2D eigenvalue weighted by Gasteiger charge is 2.43. The number of nitrogens with zero attached hydrogens (tertiary/aromatic N) is 2. The summed E-state index contributed by atoms with van der Waals surface area (Å²) in [7, 11) is 0. The van der Waals surface area contributed by atoms with Crippen LogP contribution < -0.4 is 5.69 Å². The number of rotatable bonds is 5. The lowest BCUT2D eigenvalue weighted by molar-refractivity contribution is -0.138. The van der Waals surface area contributed by atoms with Crippen molar-refractivity contribution in [3.05, 3.63) is 27.4 Å². The SMILES string of the molecule is CSC1(Cn2c(C)c(C(C)C(=O)O)c(C)nc2=O)CC1. The highest BCUT2D eigenvalue weighted by Crippen LogP contribution is 2.48. The summed E-state index contributed by atoms with van der Waals surface area (Å²) in [5.74, 6) is -1.55. The van der Waals surface area contributed by atoms with Crippen LogP contribution in [0.3, 0.4) is 0 Å². The Morgan fingerprint density at radius 3 is 2.55 bits per heavy atom. The van der Waals surface area contributed by atoms with Crippen molar-refractivity contribution in [1.29, 1.82) is 0 Å². The van der Waals surface area contributed by atoms with Gasteiger partial charge in [0.25, 0.3) is 0 Å². The van der Waals surface area contributed by atoms with Gasteiger partial charge in [0.1, 0.15) is 0 Å². The Balaban J connectivity index is 2.50. The fourth-order valence-electron chi connectivity index (χ4n) is 2.61. The molecule has 1 aliphatic carbocycles. The molecule has 0 aliphatic heterocycles. The molecule has 1 fully saturated rings. The maximum Gasteiger partial charge on any atom is 0.348 e. The third kappa shape index (κ3) is 2.61. The maximum absolute atomic E-state index is 12.1. The van der Waals surface area contributed by atoms with E-state index in [-0.39, 0.29) is 10.4 Å². The first-order valence-corrected chi connectivity index (χ1v) is 7.89. The predicted molar refractivity (Wildman–Crippen MR) is 79.5 cm³/mol. The van der Waals surface area contributed by atoms with E-state index in [1.54, 1.807) is 30.2 Å². The van der Waals surface area contributed by atoms with Gasteiger partial charge in [0.05, 0.1) is 5.92 Å². The summed E-state index contributed by atoms with van der Waals surface area (Å²) in [6, 6.07) is 0. The Bertz CT molecular complexity index is 605. The molecule has 20 heavy (non-hydrogen) atoms. The normalized spacial score (nSPS) is 17.8. The Morgan fingerprint density at radius 1 is 1.50 bits per heavy atom. The van der Waals surface area contributed by atoms with Crippen molar-refractivity contribution in [2.75, 3.05) is 6.26 Å². The summed E-state index contributed by atoms with van der Waals surface area (Å²) in [6.45, 7) is 5.78. The van der Waals surface area contributed by atoms with Crippen molar-refractivity contribution in [3.63, 3.8) is 0 Å². The van der Waals surface area contributed by atoms with E-state index in [2.05, 4.69) is 11.2 Å². The van der Waals surface area contributed by atoms with Crippen molar-refractivity contribution in [2.45, 2.75) is 50.8 Å². The minimum atomic E-state index is -0.894. The molecule has 6 heteroatoms. The second-order valence-electron chi connectivity index (χ2n) is 5.51. The molecule has 0 bridgehead atoms. The van der Waals surface area contributed by atoms with Crippen LogP contribution in [0.1, 0.15) is 42.6 Å².